The summed E-state index contributed by atoms with van der Waals surface area (Å²) in [5.74, 6) is 0. The van der Waals surface area contributed by atoms with Crippen LogP contribution < -0.4 is 0 Å². The standard InChI is InChI=1S/C15H19ClN2O2/c1-18-14(7-9-17-18)6-8-15(10-19,11-20)12-2-4-13(16)5-3-12/h2-5,7,9,19-20H,6,8,10-11H2,1H3. The van der Waals surface area contributed by atoms with Crippen molar-refractivity contribution in [3.63, 3.8) is 0 Å². The third-order valence-electron chi connectivity index (χ3n) is 3.84. The number of aliphatic hydroxyl groups excluding tert-OH is 2. The Hall–Kier alpha value is -1.36. The number of aryl methyl sites for hydroxylation is 2. The Kier molecular flexibility index (Phi) is 4.81. The molecule has 20 heavy (non-hydrogen) atoms. The molecule has 0 aliphatic rings. The first-order chi connectivity index (χ1) is 9.61. The number of benzene rings is 1. The first kappa shape index (κ1) is 15.0. The summed E-state index contributed by atoms with van der Waals surface area (Å²) < 4.78 is 1.81. The number of hydrogen-bond acceptors (Lipinski definition) is 3. The molecule has 0 amide bonds. The molecule has 0 aliphatic heterocycles. The van der Waals surface area contributed by atoms with Gasteiger partial charge in [0.2, 0.25) is 0 Å². The summed E-state index contributed by atoms with van der Waals surface area (Å²) in [5.41, 5.74) is 1.31. The van der Waals surface area contributed by atoms with Gasteiger partial charge in [0.05, 0.1) is 13.2 Å². The van der Waals surface area contributed by atoms with Crippen molar-refractivity contribution < 1.29 is 10.2 Å². The molecular weight excluding hydrogens is 276 g/mol. The maximum Gasteiger partial charge on any atom is 0.0550 e. The van der Waals surface area contributed by atoms with Crippen molar-refractivity contribution in [1.29, 1.82) is 0 Å². The van der Waals surface area contributed by atoms with E-state index in [1.165, 1.54) is 0 Å². The number of rotatable bonds is 6. The molecule has 5 heteroatoms. The van der Waals surface area contributed by atoms with Gasteiger partial charge in [-0.15, -0.1) is 0 Å². The summed E-state index contributed by atoms with van der Waals surface area (Å²) in [4.78, 5) is 0. The van der Waals surface area contributed by atoms with E-state index in [0.717, 1.165) is 17.7 Å². The average Bonchev–Trinajstić information content (AvgIpc) is 2.88. The van der Waals surface area contributed by atoms with Crippen LogP contribution in [0.25, 0.3) is 0 Å². The van der Waals surface area contributed by atoms with Crippen LogP contribution in [0.2, 0.25) is 5.02 Å². The van der Waals surface area contributed by atoms with E-state index < -0.39 is 5.41 Å². The van der Waals surface area contributed by atoms with E-state index in [0.29, 0.717) is 11.4 Å². The van der Waals surface area contributed by atoms with Gasteiger partial charge in [0.25, 0.3) is 0 Å². The van der Waals surface area contributed by atoms with Crippen LogP contribution in [0.3, 0.4) is 0 Å². The number of aliphatic hydroxyl groups is 2. The fourth-order valence-corrected chi connectivity index (χ4v) is 2.48. The van der Waals surface area contributed by atoms with Crippen LogP contribution in [0.5, 0.6) is 0 Å². The van der Waals surface area contributed by atoms with Gasteiger partial charge in [0, 0.05) is 29.4 Å². The Morgan fingerprint density at radius 2 is 1.80 bits per heavy atom. The molecule has 0 fully saturated rings. The zero-order valence-corrected chi connectivity index (χ0v) is 12.2. The normalized spacial score (nSPS) is 11.8. The maximum absolute atomic E-state index is 9.78. The van der Waals surface area contributed by atoms with Gasteiger partial charge in [-0.1, -0.05) is 23.7 Å². The van der Waals surface area contributed by atoms with Crippen LogP contribution >= 0.6 is 11.6 Å². The SMILES string of the molecule is Cn1nccc1CCC(CO)(CO)c1ccc(Cl)cc1. The molecule has 0 atom stereocenters. The molecule has 2 N–H and O–H groups in total. The summed E-state index contributed by atoms with van der Waals surface area (Å²) in [6.45, 7) is -0.216. The van der Waals surface area contributed by atoms with Gasteiger partial charge in [0.15, 0.2) is 0 Å². The van der Waals surface area contributed by atoms with Gasteiger partial charge in [-0.25, -0.2) is 0 Å². The predicted molar refractivity (Wildman–Crippen MR) is 78.8 cm³/mol. The lowest BCUT2D eigenvalue weighted by Gasteiger charge is -2.30. The van der Waals surface area contributed by atoms with Crippen molar-refractivity contribution in [2.24, 2.45) is 7.05 Å². The molecule has 0 saturated carbocycles. The fourth-order valence-electron chi connectivity index (χ4n) is 2.35. The lowest BCUT2D eigenvalue weighted by molar-refractivity contribution is 0.109. The Morgan fingerprint density at radius 3 is 2.30 bits per heavy atom. The molecule has 0 unspecified atom stereocenters. The van der Waals surface area contributed by atoms with Gasteiger partial charge in [-0.2, -0.15) is 5.10 Å². The highest BCUT2D eigenvalue weighted by Gasteiger charge is 2.31. The van der Waals surface area contributed by atoms with E-state index in [9.17, 15) is 10.2 Å². The Bertz CT molecular complexity index is 547. The zero-order valence-electron chi connectivity index (χ0n) is 11.5. The van der Waals surface area contributed by atoms with E-state index in [1.54, 1.807) is 23.0 Å². The van der Waals surface area contributed by atoms with Crippen LogP contribution in [0, 0.1) is 0 Å². The zero-order chi connectivity index (χ0) is 14.6. The highest BCUT2D eigenvalue weighted by Crippen LogP contribution is 2.30. The molecule has 1 aromatic carbocycles. The lowest BCUT2D eigenvalue weighted by Crippen LogP contribution is -2.35. The van der Waals surface area contributed by atoms with Gasteiger partial charge >= 0.3 is 0 Å². The minimum atomic E-state index is -0.658. The fraction of sp³-hybridized carbons (Fsp3) is 0.400. The second kappa shape index (κ2) is 6.39. The second-order valence-corrected chi connectivity index (χ2v) is 5.49. The number of nitrogens with zero attached hydrogens (tertiary/aromatic N) is 2. The molecule has 108 valence electrons. The van der Waals surface area contributed by atoms with E-state index in [1.807, 2.05) is 25.2 Å². The third-order valence-corrected chi connectivity index (χ3v) is 4.10. The van der Waals surface area contributed by atoms with Crippen molar-refractivity contribution in [2.75, 3.05) is 13.2 Å². The van der Waals surface area contributed by atoms with Gasteiger partial charge in [0.1, 0.15) is 0 Å². The van der Waals surface area contributed by atoms with E-state index in [4.69, 9.17) is 11.6 Å². The van der Waals surface area contributed by atoms with Crippen molar-refractivity contribution in [2.45, 2.75) is 18.3 Å². The van der Waals surface area contributed by atoms with Gasteiger partial charge < -0.3 is 10.2 Å². The molecule has 0 bridgehead atoms. The van der Waals surface area contributed by atoms with Crippen LogP contribution in [0.1, 0.15) is 17.7 Å². The second-order valence-electron chi connectivity index (χ2n) is 5.05. The largest absolute Gasteiger partial charge is 0.395 e. The number of hydrogen-bond donors (Lipinski definition) is 2. The molecule has 1 heterocycles. The summed E-state index contributed by atoms with van der Waals surface area (Å²) in [6.07, 6.45) is 3.12. The van der Waals surface area contributed by atoms with Gasteiger partial charge in [-0.05, 0) is 36.6 Å². The van der Waals surface area contributed by atoms with Crippen molar-refractivity contribution in [3.05, 3.63) is 52.8 Å². The minimum Gasteiger partial charge on any atom is -0.395 e. The summed E-state index contributed by atoms with van der Waals surface area (Å²) in [5, 5.41) is 24.3. The minimum absolute atomic E-state index is 0.108. The van der Waals surface area contributed by atoms with Crippen LogP contribution in [-0.4, -0.2) is 33.2 Å². The summed E-state index contributed by atoms with van der Waals surface area (Å²) >= 11 is 5.89. The molecule has 2 aromatic rings. The number of aromatic nitrogens is 2. The van der Waals surface area contributed by atoms with Crippen molar-refractivity contribution >= 4 is 11.6 Å². The van der Waals surface area contributed by atoms with E-state index in [2.05, 4.69) is 5.10 Å². The first-order valence-electron chi connectivity index (χ1n) is 6.56. The average molecular weight is 295 g/mol. The topological polar surface area (TPSA) is 58.3 Å². The predicted octanol–water partition coefficient (Wildman–Crippen LogP) is 1.93. The highest BCUT2D eigenvalue weighted by atomic mass is 35.5. The summed E-state index contributed by atoms with van der Waals surface area (Å²) in [6, 6.07) is 9.22. The first-order valence-corrected chi connectivity index (χ1v) is 6.94. The Labute approximate surface area is 123 Å². The molecule has 0 aliphatic carbocycles. The molecule has 0 saturated heterocycles. The summed E-state index contributed by atoms with van der Waals surface area (Å²) in [7, 11) is 1.89. The maximum atomic E-state index is 9.78. The molecule has 4 nitrogen and oxygen atoms in total. The molecule has 1 aromatic heterocycles. The molecular formula is C15H19ClN2O2. The quantitative estimate of drug-likeness (QED) is 0.856. The monoisotopic (exact) mass is 294 g/mol. The van der Waals surface area contributed by atoms with Crippen molar-refractivity contribution in [3.8, 4) is 0 Å². The van der Waals surface area contributed by atoms with Gasteiger partial charge in [-0.3, -0.25) is 4.68 Å². The number of halogens is 1. The van der Waals surface area contributed by atoms with Crippen LogP contribution in [0.15, 0.2) is 36.5 Å². The van der Waals surface area contributed by atoms with E-state index >= 15 is 0 Å². The highest BCUT2D eigenvalue weighted by molar-refractivity contribution is 6.30. The Balaban J connectivity index is 2.21. The van der Waals surface area contributed by atoms with Crippen LogP contribution in [-0.2, 0) is 18.9 Å². The smallest absolute Gasteiger partial charge is 0.0550 e. The molecule has 0 radical (unpaired) electrons. The third kappa shape index (κ3) is 3.03. The lowest BCUT2D eigenvalue weighted by atomic mass is 9.77. The van der Waals surface area contributed by atoms with Crippen LogP contribution in [0.4, 0.5) is 0 Å². The Morgan fingerprint density at radius 1 is 1.15 bits per heavy atom. The van der Waals surface area contributed by atoms with Crippen molar-refractivity contribution in [1.82, 2.24) is 9.78 Å². The molecule has 0 spiro atoms. The molecule has 2 rings (SSSR count). The van der Waals surface area contributed by atoms with E-state index in [-0.39, 0.29) is 13.2 Å².